The molecule has 94 valence electrons. The molecule has 0 saturated heterocycles. The van der Waals surface area contributed by atoms with Crippen molar-refractivity contribution < 1.29 is 23.1 Å². The van der Waals surface area contributed by atoms with Gasteiger partial charge in [0.1, 0.15) is 0 Å². The van der Waals surface area contributed by atoms with E-state index in [1.807, 2.05) is 0 Å². The van der Waals surface area contributed by atoms with Crippen molar-refractivity contribution in [1.29, 1.82) is 0 Å². The van der Waals surface area contributed by atoms with Gasteiger partial charge in [-0.25, -0.2) is 4.79 Å². The number of aromatic nitrogens is 1. The molecule has 0 fully saturated rings. The number of aliphatic carboxylic acids is 1. The predicted octanol–water partition coefficient (Wildman–Crippen LogP) is 3.28. The first kappa shape index (κ1) is 12.2. The molecular weight excluding hydrogens is 247 g/mol. The molecule has 0 radical (unpaired) electrons. The van der Waals surface area contributed by atoms with Crippen molar-refractivity contribution in [2.24, 2.45) is 0 Å². The molecule has 6 heteroatoms. The van der Waals surface area contributed by atoms with Crippen LogP contribution in [0.2, 0.25) is 0 Å². The van der Waals surface area contributed by atoms with Crippen molar-refractivity contribution in [3.63, 3.8) is 0 Å². The zero-order valence-electron chi connectivity index (χ0n) is 8.95. The van der Waals surface area contributed by atoms with E-state index in [9.17, 15) is 18.0 Å². The van der Waals surface area contributed by atoms with E-state index in [0.29, 0.717) is 16.6 Å². The number of carboxylic acid groups (broad SMARTS) is 1. The van der Waals surface area contributed by atoms with Crippen molar-refractivity contribution in [3.05, 3.63) is 41.6 Å². The van der Waals surface area contributed by atoms with Gasteiger partial charge in [-0.05, 0) is 24.3 Å². The van der Waals surface area contributed by atoms with Crippen molar-refractivity contribution in [2.45, 2.75) is 6.18 Å². The summed E-state index contributed by atoms with van der Waals surface area (Å²) < 4.78 is 37.4. The summed E-state index contributed by atoms with van der Waals surface area (Å²) >= 11 is 0. The van der Waals surface area contributed by atoms with Crippen LogP contribution in [0.3, 0.4) is 0 Å². The number of alkyl halides is 3. The Kier molecular flexibility index (Phi) is 2.86. The summed E-state index contributed by atoms with van der Waals surface area (Å²) in [7, 11) is 0. The van der Waals surface area contributed by atoms with E-state index in [2.05, 4.69) is 4.98 Å². The van der Waals surface area contributed by atoms with E-state index in [4.69, 9.17) is 5.11 Å². The molecule has 2 N–H and O–H groups in total. The van der Waals surface area contributed by atoms with Gasteiger partial charge in [-0.3, -0.25) is 0 Å². The summed E-state index contributed by atoms with van der Waals surface area (Å²) in [5.41, 5.74) is 0.00667. The quantitative estimate of drug-likeness (QED) is 0.809. The molecule has 3 nitrogen and oxygen atoms in total. The lowest BCUT2D eigenvalue weighted by molar-refractivity contribution is -0.137. The molecule has 1 heterocycles. The molecule has 2 aromatic rings. The van der Waals surface area contributed by atoms with Gasteiger partial charge in [-0.2, -0.15) is 13.2 Å². The van der Waals surface area contributed by atoms with E-state index >= 15 is 0 Å². The number of halogens is 3. The van der Waals surface area contributed by atoms with E-state index < -0.39 is 17.7 Å². The van der Waals surface area contributed by atoms with Gasteiger partial charge in [-0.1, -0.05) is 6.07 Å². The second kappa shape index (κ2) is 4.21. The average Bonchev–Trinajstić information content (AvgIpc) is 2.66. The molecule has 18 heavy (non-hydrogen) atoms. The number of benzene rings is 1. The molecule has 0 bridgehead atoms. The largest absolute Gasteiger partial charge is 0.478 e. The third kappa shape index (κ3) is 2.53. The first-order valence-corrected chi connectivity index (χ1v) is 4.97. The Labute approximate surface area is 99.5 Å². The maximum atomic E-state index is 12.5. The van der Waals surface area contributed by atoms with Crippen LogP contribution in [0.15, 0.2) is 30.3 Å². The Balaban J connectivity index is 2.43. The summed E-state index contributed by atoms with van der Waals surface area (Å²) in [5, 5.41) is 9.04. The lowest BCUT2D eigenvalue weighted by Gasteiger charge is -2.05. The van der Waals surface area contributed by atoms with Crippen LogP contribution in [0.1, 0.15) is 11.3 Å². The number of rotatable bonds is 2. The minimum absolute atomic E-state index is 0.315. The van der Waals surface area contributed by atoms with Crippen LogP contribution < -0.4 is 0 Å². The van der Waals surface area contributed by atoms with Crippen LogP contribution in [0, 0.1) is 0 Å². The monoisotopic (exact) mass is 255 g/mol. The standard InChI is InChI=1S/C12H8F3NO2/c13-12(14,15)8-2-1-7-5-9(3-4-11(17)18)16-10(7)6-8/h1-6,16H,(H,17,18). The van der Waals surface area contributed by atoms with Gasteiger partial charge in [0.2, 0.25) is 0 Å². The smallest absolute Gasteiger partial charge is 0.416 e. The SMILES string of the molecule is O=C(O)C=Cc1cc2ccc(C(F)(F)F)cc2[nH]1. The van der Waals surface area contributed by atoms with Crippen molar-refractivity contribution in [1.82, 2.24) is 4.98 Å². The minimum atomic E-state index is -4.39. The number of nitrogens with one attached hydrogen (secondary N) is 1. The van der Waals surface area contributed by atoms with Crippen LogP contribution in [0.5, 0.6) is 0 Å². The van der Waals surface area contributed by atoms with E-state index in [0.717, 1.165) is 18.2 Å². The number of aromatic amines is 1. The van der Waals surface area contributed by atoms with Crippen LogP contribution >= 0.6 is 0 Å². The van der Waals surface area contributed by atoms with Crippen molar-refractivity contribution in [2.75, 3.05) is 0 Å². The van der Waals surface area contributed by atoms with Gasteiger partial charge in [-0.15, -0.1) is 0 Å². The van der Waals surface area contributed by atoms with Gasteiger partial charge < -0.3 is 10.1 Å². The van der Waals surface area contributed by atoms with Gasteiger partial charge in [0.25, 0.3) is 0 Å². The Bertz CT molecular complexity index is 626. The first-order valence-electron chi connectivity index (χ1n) is 4.97. The molecule has 0 aliphatic carbocycles. The highest BCUT2D eigenvalue weighted by molar-refractivity contribution is 5.88. The van der Waals surface area contributed by atoms with Gasteiger partial charge in [0.05, 0.1) is 5.56 Å². The van der Waals surface area contributed by atoms with Crippen LogP contribution in [-0.4, -0.2) is 16.1 Å². The molecule has 0 saturated carbocycles. The summed E-state index contributed by atoms with van der Waals surface area (Å²) in [6.45, 7) is 0. The third-order valence-electron chi connectivity index (χ3n) is 2.38. The first-order chi connectivity index (χ1) is 8.36. The molecule has 2 rings (SSSR count). The van der Waals surface area contributed by atoms with E-state index in [1.165, 1.54) is 12.1 Å². The Morgan fingerprint density at radius 3 is 2.61 bits per heavy atom. The number of hydrogen-bond donors (Lipinski definition) is 2. The summed E-state index contributed by atoms with van der Waals surface area (Å²) in [6.07, 6.45) is -2.19. The zero-order valence-corrected chi connectivity index (χ0v) is 8.95. The maximum Gasteiger partial charge on any atom is 0.416 e. The normalized spacial score (nSPS) is 12.4. The highest BCUT2D eigenvalue weighted by Gasteiger charge is 2.30. The number of fused-ring (bicyclic) bond motifs is 1. The van der Waals surface area contributed by atoms with Crippen LogP contribution in [0.4, 0.5) is 13.2 Å². The molecule has 0 aliphatic rings. The molecule has 0 aliphatic heterocycles. The average molecular weight is 255 g/mol. The second-order valence-corrected chi connectivity index (χ2v) is 3.70. The van der Waals surface area contributed by atoms with Crippen molar-refractivity contribution in [3.8, 4) is 0 Å². The lowest BCUT2D eigenvalue weighted by Crippen LogP contribution is -2.03. The van der Waals surface area contributed by atoms with Crippen molar-refractivity contribution >= 4 is 22.9 Å². The molecule has 0 atom stereocenters. The highest BCUT2D eigenvalue weighted by atomic mass is 19.4. The number of H-pyrrole nitrogens is 1. The molecule has 0 spiro atoms. The summed E-state index contributed by atoms with van der Waals surface area (Å²) in [6, 6.07) is 4.90. The fourth-order valence-corrected chi connectivity index (χ4v) is 1.58. The Hall–Kier alpha value is -2.24. The fourth-order valence-electron chi connectivity index (χ4n) is 1.58. The molecular formula is C12H8F3NO2. The topological polar surface area (TPSA) is 53.1 Å². The Morgan fingerprint density at radius 1 is 1.28 bits per heavy atom. The minimum Gasteiger partial charge on any atom is -0.478 e. The third-order valence-corrected chi connectivity index (χ3v) is 2.38. The molecule has 0 amide bonds. The second-order valence-electron chi connectivity index (χ2n) is 3.70. The molecule has 0 unspecified atom stereocenters. The lowest BCUT2D eigenvalue weighted by atomic mass is 10.1. The highest BCUT2D eigenvalue weighted by Crippen LogP contribution is 2.31. The predicted molar refractivity (Wildman–Crippen MR) is 60.0 cm³/mol. The Morgan fingerprint density at radius 2 is 2.00 bits per heavy atom. The van der Waals surface area contributed by atoms with Crippen LogP contribution in [0.25, 0.3) is 17.0 Å². The van der Waals surface area contributed by atoms with Crippen LogP contribution in [-0.2, 0) is 11.0 Å². The fraction of sp³-hybridized carbons (Fsp3) is 0.0833. The van der Waals surface area contributed by atoms with Gasteiger partial charge >= 0.3 is 12.1 Å². The number of hydrogen-bond acceptors (Lipinski definition) is 1. The zero-order chi connectivity index (χ0) is 13.3. The number of carboxylic acids is 1. The van der Waals surface area contributed by atoms with Gasteiger partial charge in [0.15, 0.2) is 0 Å². The number of carbonyl (C=O) groups is 1. The van der Waals surface area contributed by atoms with E-state index in [-0.39, 0.29) is 0 Å². The maximum absolute atomic E-state index is 12.5. The van der Waals surface area contributed by atoms with Gasteiger partial charge in [0, 0.05) is 22.7 Å². The molecule has 1 aromatic heterocycles. The molecule has 1 aromatic carbocycles. The summed E-state index contributed by atoms with van der Waals surface area (Å²) in [4.78, 5) is 13.0. The summed E-state index contributed by atoms with van der Waals surface area (Å²) in [5.74, 6) is -1.12. The van der Waals surface area contributed by atoms with E-state index in [1.54, 1.807) is 6.07 Å².